The zero-order valence-electron chi connectivity index (χ0n) is 7.63. The van der Waals surface area contributed by atoms with Crippen molar-refractivity contribution < 1.29 is 58.2 Å². The van der Waals surface area contributed by atoms with Crippen molar-refractivity contribution in [2.45, 2.75) is 6.92 Å². The van der Waals surface area contributed by atoms with E-state index < -0.39 is 0 Å². The number of hydrogen-bond donors (Lipinski definition) is 0. The first-order valence-electron chi connectivity index (χ1n) is 3.58. The van der Waals surface area contributed by atoms with E-state index in [0.717, 1.165) is 16.9 Å². The predicted molar refractivity (Wildman–Crippen MR) is 44.3 cm³/mol. The average molecular weight is 231 g/mol. The Morgan fingerprint density at radius 3 is 2.92 bits per heavy atom. The molecule has 0 aliphatic rings. The molecule has 0 saturated carbocycles. The van der Waals surface area contributed by atoms with Gasteiger partial charge in [-0.3, -0.25) is 4.98 Å². The van der Waals surface area contributed by atoms with Crippen LogP contribution in [0.3, 0.4) is 0 Å². The summed E-state index contributed by atoms with van der Waals surface area (Å²) in [5.74, 6) is 1.04. The van der Waals surface area contributed by atoms with E-state index in [1.807, 2.05) is 32.2 Å². The second-order valence-corrected chi connectivity index (χ2v) is 2.63. The van der Waals surface area contributed by atoms with Gasteiger partial charge in [-0.15, -0.1) is 6.07 Å². The van der Waals surface area contributed by atoms with Crippen LogP contribution in [0.2, 0.25) is 0 Å². The van der Waals surface area contributed by atoms with Crippen LogP contribution in [0.4, 0.5) is 0 Å². The van der Waals surface area contributed by atoms with E-state index in [0.29, 0.717) is 0 Å². The van der Waals surface area contributed by atoms with Crippen LogP contribution in [0.15, 0.2) is 18.2 Å². The first kappa shape index (κ1) is 10.6. The zero-order valence-corrected chi connectivity index (χ0v) is 12.5. The van der Waals surface area contributed by atoms with Gasteiger partial charge in [0.15, 0.2) is 0 Å². The second kappa shape index (κ2) is 4.14. The molecule has 0 spiro atoms. The molecular weight excluding hydrogens is 222 g/mol. The van der Waals surface area contributed by atoms with Crippen molar-refractivity contribution in [2.24, 2.45) is 7.05 Å². The van der Waals surface area contributed by atoms with Crippen LogP contribution in [0.1, 0.15) is 5.82 Å². The Balaban J connectivity index is 0.000000720. The van der Waals surface area contributed by atoms with Gasteiger partial charge in [-0.2, -0.15) is 18.2 Å². The van der Waals surface area contributed by atoms with E-state index in [-0.39, 0.29) is 58.2 Å². The third-order valence-electron chi connectivity index (χ3n) is 1.95. The molecule has 56 valence electrons. The average Bonchev–Trinajstić information content (AvgIpc) is 2.30. The number of aryl methyl sites for hydroxylation is 2. The monoisotopic (exact) mass is 230 g/mol. The Morgan fingerprint density at radius 1 is 1.50 bits per heavy atom. The number of hydrogen-bond acceptors (Lipinski definition) is 1. The second-order valence-electron chi connectivity index (χ2n) is 2.63. The smallest absolute Gasteiger partial charge is 0.385 e. The maximum absolute atomic E-state index is 4.36. The number of rotatable bonds is 0. The Hall–Kier alpha value is 0.495. The number of imidazole rings is 1. The van der Waals surface area contributed by atoms with Gasteiger partial charge in [-0.1, -0.05) is 0 Å². The molecule has 0 unspecified atom stereocenters. The van der Waals surface area contributed by atoms with Crippen molar-refractivity contribution in [3.05, 3.63) is 30.1 Å². The van der Waals surface area contributed by atoms with E-state index in [1.54, 1.807) is 0 Å². The molecule has 0 radical (unpaired) electrons. The molecule has 0 amide bonds. The summed E-state index contributed by atoms with van der Waals surface area (Å²) >= 11 is 0. The fourth-order valence-electron chi connectivity index (χ4n) is 1.20. The van der Waals surface area contributed by atoms with E-state index in [4.69, 9.17) is 0 Å². The summed E-state index contributed by atoms with van der Waals surface area (Å²) in [4.78, 5) is 4.36. The molecule has 0 N–H and O–H groups in total. The summed E-state index contributed by atoms with van der Waals surface area (Å²) in [6.07, 6.45) is 0. The largest absolute Gasteiger partial charge is 1.00 e. The molecule has 3 heteroatoms. The summed E-state index contributed by atoms with van der Waals surface area (Å²) in [6, 6.07) is 8.84. The molecule has 0 aliphatic carbocycles. The summed E-state index contributed by atoms with van der Waals surface area (Å²) in [6.45, 7) is 2.00. The molecule has 0 fully saturated rings. The van der Waals surface area contributed by atoms with Gasteiger partial charge in [0.05, 0.1) is 5.82 Å². The summed E-state index contributed by atoms with van der Waals surface area (Å²) in [5, 5.41) is 0. The van der Waals surface area contributed by atoms with E-state index in [9.17, 15) is 0 Å². The molecule has 0 aliphatic heterocycles. The third-order valence-corrected chi connectivity index (χ3v) is 1.95. The van der Waals surface area contributed by atoms with E-state index in [2.05, 4.69) is 15.6 Å². The first-order valence-corrected chi connectivity index (χ1v) is 3.58. The normalized spacial score (nSPS) is 9.83. The Bertz CT molecular complexity index is 392. The molecule has 0 atom stereocenters. The minimum absolute atomic E-state index is 0. The summed E-state index contributed by atoms with van der Waals surface area (Å²) in [5.41, 5.74) is 2.19. The van der Waals surface area contributed by atoms with Crippen molar-refractivity contribution in [3.63, 3.8) is 0 Å². The molecule has 12 heavy (non-hydrogen) atoms. The Labute approximate surface area is 121 Å². The van der Waals surface area contributed by atoms with Gasteiger partial charge in [-0.05, 0) is 18.0 Å². The number of benzene rings is 1. The summed E-state index contributed by atoms with van der Waals surface area (Å²) in [7, 11) is 2.01. The standard InChI is InChI=1S/C9H9N2.Rb/c1-7-10-8-5-3-4-6-9(8)11(7)2;/h3,5-6H,1-2H3;/q-1;+1. The van der Waals surface area contributed by atoms with Gasteiger partial charge < -0.3 is 4.57 Å². The minimum atomic E-state index is 0. The van der Waals surface area contributed by atoms with Crippen LogP contribution in [0.5, 0.6) is 0 Å². The van der Waals surface area contributed by atoms with Crippen molar-refractivity contribution in [2.75, 3.05) is 0 Å². The van der Waals surface area contributed by atoms with Crippen molar-refractivity contribution >= 4 is 11.0 Å². The molecule has 1 aromatic heterocycles. The topological polar surface area (TPSA) is 17.8 Å². The van der Waals surface area contributed by atoms with Crippen molar-refractivity contribution in [1.29, 1.82) is 0 Å². The van der Waals surface area contributed by atoms with Crippen LogP contribution in [-0.2, 0) is 7.05 Å². The number of fused-ring (bicyclic) bond motifs is 1. The van der Waals surface area contributed by atoms with Crippen LogP contribution in [0, 0.1) is 13.0 Å². The number of nitrogens with zero attached hydrogens (tertiary/aromatic N) is 2. The van der Waals surface area contributed by atoms with Gasteiger partial charge in [0.1, 0.15) is 0 Å². The van der Waals surface area contributed by atoms with Crippen LogP contribution in [-0.4, -0.2) is 9.55 Å². The molecule has 2 aromatic rings. The summed E-state index contributed by atoms with van der Waals surface area (Å²) < 4.78 is 2.06. The van der Waals surface area contributed by atoms with Gasteiger partial charge in [0, 0.05) is 7.05 Å². The molecule has 0 saturated heterocycles. The van der Waals surface area contributed by atoms with E-state index >= 15 is 0 Å². The zero-order chi connectivity index (χ0) is 7.84. The van der Waals surface area contributed by atoms with E-state index in [1.165, 1.54) is 0 Å². The Kier molecular flexibility index (Phi) is 3.65. The van der Waals surface area contributed by atoms with Gasteiger partial charge in [0.25, 0.3) is 0 Å². The van der Waals surface area contributed by atoms with Crippen LogP contribution in [0.25, 0.3) is 11.0 Å². The van der Waals surface area contributed by atoms with Crippen LogP contribution >= 0.6 is 0 Å². The number of aromatic nitrogens is 2. The Morgan fingerprint density at radius 2 is 2.25 bits per heavy atom. The van der Waals surface area contributed by atoms with Gasteiger partial charge in [0.2, 0.25) is 0 Å². The first-order chi connectivity index (χ1) is 5.29. The quantitative estimate of drug-likeness (QED) is 0.514. The fraction of sp³-hybridized carbons (Fsp3) is 0.222. The van der Waals surface area contributed by atoms with Gasteiger partial charge >= 0.3 is 58.2 Å². The molecule has 2 nitrogen and oxygen atoms in total. The van der Waals surface area contributed by atoms with Crippen molar-refractivity contribution in [1.82, 2.24) is 9.55 Å². The molecular formula is C9H9N2Rb. The molecule has 2 rings (SSSR count). The predicted octanol–water partition coefficient (Wildman–Crippen LogP) is -1.31. The van der Waals surface area contributed by atoms with Gasteiger partial charge in [-0.25, -0.2) is 0 Å². The minimum Gasteiger partial charge on any atom is -0.385 e. The fourth-order valence-corrected chi connectivity index (χ4v) is 1.20. The molecule has 1 aromatic carbocycles. The molecule has 0 bridgehead atoms. The maximum Gasteiger partial charge on any atom is 1.00 e. The third kappa shape index (κ3) is 1.71. The van der Waals surface area contributed by atoms with Crippen LogP contribution < -0.4 is 58.2 Å². The maximum atomic E-state index is 4.36. The SMILES string of the molecule is Cc1nc2cc[c-]cc2n1C.[Rb+]. The molecule has 1 heterocycles. The van der Waals surface area contributed by atoms with Crippen molar-refractivity contribution in [3.8, 4) is 0 Å².